The van der Waals surface area contributed by atoms with Gasteiger partial charge in [-0.05, 0) is 37.4 Å². The van der Waals surface area contributed by atoms with Crippen molar-refractivity contribution in [2.75, 3.05) is 7.05 Å². The smallest absolute Gasteiger partial charge is 0.151 e. The number of hydrogen-bond donors (Lipinski definition) is 1. The minimum absolute atomic E-state index is 0.106. The van der Waals surface area contributed by atoms with Crippen LogP contribution in [0.2, 0.25) is 0 Å². The van der Waals surface area contributed by atoms with Gasteiger partial charge >= 0.3 is 0 Å². The standard InChI is InChI=1S/C16H19F2N3/c1-16(2)7-13(19-3)11-9-20-21(15(11)8-16)14-5-4-10(17)6-12(14)18/h4-6,9,13,19H,7-8H2,1-3H3. The van der Waals surface area contributed by atoms with Crippen LogP contribution in [0.1, 0.15) is 37.6 Å². The molecule has 3 rings (SSSR count). The summed E-state index contributed by atoms with van der Waals surface area (Å²) in [7, 11) is 1.92. The van der Waals surface area contributed by atoms with E-state index < -0.39 is 11.6 Å². The van der Waals surface area contributed by atoms with Crippen LogP contribution in [0, 0.1) is 17.0 Å². The predicted octanol–water partition coefficient (Wildman–Crippen LogP) is 3.38. The first kappa shape index (κ1) is 14.2. The molecule has 0 fully saturated rings. The van der Waals surface area contributed by atoms with Crippen molar-refractivity contribution in [3.05, 3.63) is 47.3 Å². The molecule has 0 saturated heterocycles. The third kappa shape index (κ3) is 2.46. The molecule has 2 aromatic rings. The topological polar surface area (TPSA) is 29.9 Å². The zero-order chi connectivity index (χ0) is 15.2. The Balaban J connectivity index is 2.12. The maximum Gasteiger partial charge on any atom is 0.151 e. The molecule has 0 radical (unpaired) electrons. The molecule has 1 aromatic carbocycles. The number of nitrogens with zero attached hydrogens (tertiary/aromatic N) is 2. The van der Waals surface area contributed by atoms with Crippen LogP contribution in [0.25, 0.3) is 5.69 Å². The Hall–Kier alpha value is -1.75. The summed E-state index contributed by atoms with van der Waals surface area (Å²) < 4.78 is 28.7. The number of halogens is 2. The van der Waals surface area contributed by atoms with E-state index >= 15 is 0 Å². The summed E-state index contributed by atoms with van der Waals surface area (Å²) in [6.07, 6.45) is 3.61. The van der Waals surface area contributed by atoms with Crippen molar-refractivity contribution in [3.63, 3.8) is 0 Å². The molecular weight excluding hydrogens is 272 g/mol. The fourth-order valence-corrected chi connectivity index (χ4v) is 3.16. The third-order valence-electron chi connectivity index (χ3n) is 4.17. The lowest BCUT2D eigenvalue weighted by molar-refractivity contribution is 0.260. The van der Waals surface area contributed by atoms with Crippen LogP contribution in [0.5, 0.6) is 0 Å². The van der Waals surface area contributed by atoms with Gasteiger partial charge in [-0.3, -0.25) is 0 Å². The molecule has 0 saturated carbocycles. The van der Waals surface area contributed by atoms with E-state index in [1.807, 2.05) is 7.05 Å². The maximum absolute atomic E-state index is 14.0. The maximum atomic E-state index is 14.0. The zero-order valence-corrected chi connectivity index (χ0v) is 12.5. The van der Waals surface area contributed by atoms with Gasteiger partial charge in [-0.15, -0.1) is 0 Å². The number of hydrogen-bond acceptors (Lipinski definition) is 2. The lowest BCUT2D eigenvalue weighted by Gasteiger charge is -2.35. The molecule has 1 aliphatic rings. The minimum atomic E-state index is -0.592. The fourth-order valence-electron chi connectivity index (χ4n) is 3.16. The first-order chi connectivity index (χ1) is 9.91. The quantitative estimate of drug-likeness (QED) is 0.919. The van der Waals surface area contributed by atoms with Crippen LogP contribution in [0.4, 0.5) is 8.78 Å². The van der Waals surface area contributed by atoms with Crippen molar-refractivity contribution in [1.29, 1.82) is 0 Å². The highest BCUT2D eigenvalue weighted by Crippen LogP contribution is 2.41. The van der Waals surface area contributed by atoms with E-state index in [0.29, 0.717) is 5.69 Å². The molecule has 1 atom stereocenters. The molecule has 0 bridgehead atoms. The number of rotatable bonds is 2. The molecule has 0 aliphatic heterocycles. The molecule has 3 nitrogen and oxygen atoms in total. The van der Waals surface area contributed by atoms with Crippen molar-refractivity contribution in [3.8, 4) is 5.69 Å². The first-order valence-electron chi connectivity index (χ1n) is 7.11. The molecule has 1 aliphatic carbocycles. The van der Waals surface area contributed by atoms with Gasteiger partial charge in [0, 0.05) is 23.4 Å². The summed E-state index contributed by atoms with van der Waals surface area (Å²) in [6.45, 7) is 4.39. The second kappa shape index (κ2) is 4.91. The van der Waals surface area contributed by atoms with E-state index in [4.69, 9.17) is 0 Å². The van der Waals surface area contributed by atoms with Crippen LogP contribution in [0.15, 0.2) is 24.4 Å². The molecule has 1 unspecified atom stereocenters. The van der Waals surface area contributed by atoms with E-state index in [1.54, 1.807) is 10.9 Å². The van der Waals surface area contributed by atoms with Gasteiger partial charge in [-0.2, -0.15) is 5.10 Å². The number of aromatic nitrogens is 2. The summed E-state index contributed by atoms with van der Waals surface area (Å²) in [4.78, 5) is 0. The van der Waals surface area contributed by atoms with E-state index in [2.05, 4.69) is 24.3 Å². The van der Waals surface area contributed by atoms with Gasteiger partial charge in [0.05, 0.1) is 6.20 Å². The van der Waals surface area contributed by atoms with Gasteiger partial charge in [-0.25, -0.2) is 13.5 Å². The molecule has 0 spiro atoms. The molecule has 5 heteroatoms. The van der Waals surface area contributed by atoms with Gasteiger partial charge in [0.25, 0.3) is 0 Å². The molecule has 0 amide bonds. The SMILES string of the molecule is CNC1CC(C)(C)Cc2c1cnn2-c1ccc(F)cc1F. The Morgan fingerprint density at radius 1 is 1.33 bits per heavy atom. The fraction of sp³-hybridized carbons (Fsp3) is 0.438. The lowest BCUT2D eigenvalue weighted by Crippen LogP contribution is -2.32. The first-order valence-corrected chi connectivity index (χ1v) is 7.11. The van der Waals surface area contributed by atoms with Crippen LogP contribution in [-0.2, 0) is 6.42 Å². The largest absolute Gasteiger partial charge is 0.313 e. The molecular formula is C16H19F2N3. The summed E-state index contributed by atoms with van der Waals surface area (Å²) in [5, 5.41) is 7.63. The van der Waals surface area contributed by atoms with Crippen molar-refractivity contribution in [1.82, 2.24) is 15.1 Å². The lowest BCUT2D eigenvalue weighted by atomic mass is 9.74. The Morgan fingerprint density at radius 3 is 2.76 bits per heavy atom. The van der Waals surface area contributed by atoms with Crippen LogP contribution < -0.4 is 5.32 Å². The monoisotopic (exact) mass is 291 g/mol. The zero-order valence-electron chi connectivity index (χ0n) is 12.5. The van der Waals surface area contributed by atoms with E-state index in [1.165, 1.54) is 12.1 Å². The number of benzene rings is 1. The third-order valence-corrected chi connectivity index (χ3v) is 4.17. The Labute approximate surface area is 123 Å². The molecule has 1 heterocycles. The number of fused-ring (bicyclic) bond motifs is 1. The average molecular weight is 291 g/mol. The van der Waals surface area contributed by atoms with Gasteiger partial charge in [0.1, 0.15) is 11.5 Å². The van der Waals surface area contributed by atoms with Crippen LogP contribution in [0.3, 0.4) is 0 Å². The summed E-state index contributed by atoms with van der Waals surface area (Å²) in [6, 6.07) is 3.80. The molecule has 21 heavy (non-hydrogen) atoms. The predicted molar refractivity (Wildman–Crippen MR) is 77.4 cm³/mol. The number of nitrogens with one attached hydrogen (secondary N) is 1. The Kier molecular flexibility index (Phi) is 3.32. The molecule has 112 valence electrons. The highest BCUT2D eigenvalue weighted by atomic mass is 19.1. The highest BCUT2D eigenvalue weighted by molar-refractivity contribution is 5.39. The van der Waals surface area contributed by atoms with E-state index in [9.17, 15) is 8.78 Å². The van der Waals surface area contributed by atoms with Gasteiger partial charge in [-0.1, -0.05) is 13.8 Å². The van der Waals surface area contributed by atoms with Crippen LogP contribution >= 0.6 is 0 Å². The van der Waals surface area contributed by atoms with E-state index in [-0.39, 0.29) is 11.5 Å². The van der Waals surface area contributed by atoms with Crippen molar-refractivity contribution in [2.24, 2.45) is 5.41 Å². The van der Waals surface area contributed by atoms with Gasteiger partial charge in [0.15, 0.2) is 5.82 Å². The van der Waals surface area contributed by atoms with E-state index in [0.717, 1.165) is 30.2 Å². The minimum Gasteiger partial charge on any atom is -0.313 e. The van der Waals surface area contributed by atoms with Gasteiger partial charge < -0.3 is 5.32 Å². The van der Waals surface area contributed by atoms with Crippen molar-refractivity contribution < 1.29 is 8.78 Å². The van der Waals surface area contributed by atoms with Gasteiger partial charge in [0.2, 0.25) is 0 Å². The molecule has 1 aromatic heterocycles. The second-order valence-electron chi connectivity index (χ2n) is 6.44. The Bertz CT molecular complexity index is 676. The highest BCUT2D eigenvalue weighted by Gasteiger charge is 2.34. The normalized spacial score (nSPS) is 20.3. The second-order valence-corrected chi connectivity index (χ2v) is 6.44. The summed E-state index contributed by atoms with van der Waals surface area (Å²) in [5.74, 6) is -1.17. The van der Waals surface area contributed by atoms with Crippen LogP contribution in [-0.4, -0.2) is 16.8 Å². The summed E-state index contributed by atoms with van der Waals surface area (Å²) >= 11 is 0. The summed E-state index contributed by atoms with van der Waals surface area (Å²) in [5.41, 5.74) is 2.50. The molecule has 1 N–H and O–H groups in total. The van der Waals surface area contributed by atoms with Crippen molar-refractivity contribution >= 4 is 0 Å². The average Bonchev–Trinajstić information content (AvgIpc) is 2.80. The Morgan fingerprint density at radius 2 is 2.10 bits per heavy atom. The van der Waals surface area contributed by atoms with Crippen molar-refractivity contribution in [2.45, 2.75) is 32.7 Å².